The molecule has 8 aliphatic rings. The Hall–Kier alpha value is -10.3. The number of amides is 4. The third-order valence-electron chi connectivity index (χ3n) is 19.2. The van der Waals surface area contributed by atoms with Crippen molar-refractivity contribution in [2.24, 2.45) is 20.0 Å². The van der Waals surface area contributed by atoms with Gasteiger partial charge in [0.25, 0.3) is 23.6 Å². The number of alkyl halides is 2. The molecular formula is C91H91BBr3F6KN13O11S. The fourth-order valence-corrected chi connectivity index (χ4v) is 14.5. The molecule has 1 radical (unpaired) electrons. The molecule has 36 heteroatoms. The molecule has 3 atom stereocenters. The number of halogens is 9. The number of nitrogens with one attached hydrogen (secondary N) is 1. The van der Waals surface area contributed by atoms with E-state index in [1.54, 1.807) is 116 Å². The number of rotatable bonds is 9. The largest absolute Gasteiger partial charge is 1.00 e. The van der Waals surface area contributed by atoms with E-state index in [0.29, 0.717) is 126 Å². The number of allylic oxidation sites excluding steroid dienone is 1. The van der Waals surface area contributed by atoms with E-state index in [4.69, 9.17) is 42.7 Å². The molecule has 6 N–H and O–H groups in total. The molecule has 0 bridgehead atoms. The van der Waals surface area contributed by atoms with Crippen molar-refractivity contribution >= 4 is 122 Å². The third kappa shape index (κ3) is 30.5. The van der Waals surface area contributed by atoms with Crippen molar-refractivity contribution in [3.63, 3.8) is 0 Å². The molecule has 8 aromatic carbocycles. The van der Waals surface area contributed by atoms with Gasteiger partial charge in [-0.05, 0) is 141 Å². The van der Waals surface area contributed by atoms with Gasteiger partial charge in [0.1, 0.15) is 75.4 Å². The number of fused-ring (bicyclic) bond motifs is 9. The summed E-state index contributed by atoms with van der Waals surface area (Å²) in [6, 6.07) is 46.6. The summed E-state index contributed by atoms with van der Waals surface area (Å²) >= 11 is 12.9. The van der Waals surface area contributed by atoms with E-state index >= 15 is 0 Å². The minimum absolute atomic E-state index is 0. The van der Waals surface area contributed by atoms with E-state index in [2.05, 4.69) is 97.7 Å². The second-order valence-corrected chi connectivity index (χ2v) is 29.9. The molecule has 2 aliphatic carbocycles. The maximum absolute atomic E-state index is 14.1. The molecule has 7 heterocycles. The molecule has 3 unspecified atom stereocenters. The van der Waals surface area contributed by atoms with Crippen LogP contribution in [0.4, 0.5) is 32.0 Å². The number of nitriles is 3. The van der Waals surface area contributed by atoms with Crippen LogP contribution >= 0.6 is 60.6 Å². The molecule has 127 heavy (non-hydrogen) atoms. The molecule has 2 fully saturated rings. The number of thiol groups is 1. The zero-order valence-electron chi connectivity index (χ0n) is 68.1. The van der Waals surface area contributed by atoms with Gasteiger partial charge in [-0.1, -0.05) is 157 Å². The number of hydrogen-bond acceptors (Lipinski definition) is 21. The zero-order chi connectivity index (χ0) is 89.8. The Morgan fingerprint density at radius 3 is 1.62 bits per heavy atom. The quantitative estimate of drug-likeness (QED) is 0.0103. The van der Waals surface area contributed by atoms with Gasteiger partial charge in [0.2, 0.25) is 0 Å². The summed E-state index contributed by atoms with van der Waals surface area (Å²) in [5.74, 6) is -1.68. The Labute approximate surface area is 808 Å². The monoisotopic (exact) mass is 1970 g/mol. The number of carbonyl (C=O) groups excluding carboxylic acids is 6. The minimum atomic E-state index is -0.885. The Morgan fingerprint density at radius 2 is 1.13 bits per heavy atom. The van der Waals surface area contributed by atoms with Gasteiger partial charge in [-0.2, -0.15) is 15.8 Å². The number of nitrogens with zero attached hydrogens (tertiary/aromatic N) is 11. The Kier molecular flexibility index (Phi) is 49.6. The van der Waals surface area contributed by atoms with E-state index in [9.17, 15) is 60.2 Å². The number of hydrogen-bond donors (Lipinski definition) is 5. The van der Waals surface area contributed by atoms with E-state index in [-0.39, 0.29) is 154 Å². The van der Waals surface area contributed by atoms with Crippen LogP contribution in [0.3, 0.4) is 0 Å². The average Bonchev–Trinajstić information content (AvgIpc) is 2.36. The fraction of sp³-hybridized carbons (Fsp3) is 0.286. The number of ether oxygens (including phenoxy) is 2. The number of aliphatic imine (C=N–C) groups is 2. The van der Waals surface area contributed by atoms with E-state index in [1.165, 1.54) is 112 Å². The summed E-state index contributed by atoms with van der Waals surface area (Å²) in [6.07, 6.45) is 15.7. The summed E-state index contributed by atoms with van der Waals surface area (Å²) in [7, 11) is 4.34. The maximum Gasteiger partial charge on any atom is 1.00 e. The van der Waals surface area contributed by atoms with Gasteiger partial charge >= 0.3 is 76.1 Å². The molecule has 4 amide bonds. The molecule has 24 nitrogen and oxygen atoms in total. The van der Waals surface area contributed by atoms with Gasteiger partial charge in [0.05, 0.1) is 94.5 Å². The number of aldehydes is 2. The average molecular weight is 1980 g/mol. The molecule has 6 aliphatic heterocycles. The normalized spacial score (nSPS) is 15.5. The topological polar surface area (TPSA) is 367 Å². The molecule has 9 aromatic rings. The molecular weight excluding hydrogens is 1890 g/mol. The summed E-state index contributed by atoms with van der Waals surface area (Å²) in [5, 5.41) is 44.7. The van der Waals surface area contributed by atoms with Gasteiger partial charge in [0, 0.05) is 81.7 Å². The number of aromatic nitrogens is 2. The number of aliphatic hydroxyl groups is 2. The van der Waals surface area contributed by atoms with Crippen molar-refractivity contribution in [3.05, 3.63) is 305 Å². The molecule has 0 saturated heterocycles. The summed E-state index contributed by atoms with van der Waals surface area (Å²) in [5.41, 5.74) is 13.4. The predicted molar refractivity (Wildman–Crippen MR) is 481 cm³/mol. The number of imidazole rings is 1. The van der Waals surface area contributed by atoms with Gasteiger partial charge in [-0.3, -0.25) is 44.0 Å². The van der Waals surface area contributed by atoms with Crippen LogP contribution < -0.4 is 62.4 Å². The molecule has 1 aromatic heterocycles. The number of imide groups is 2. The van der Waals surface area contributed by atoms with Crippen LogP contribution in [-0.4, -0.2) is 127 Å². The first-order chi connectivity index (χ1) is 59.3. The Morgan fingerprint density at radius 1 is 0.685 bits per heavy atom. The van der Waals surface area contributed by atoms with E-state index in [1.807, 2.05) is 29.2 Å². The predicted octanol–water partition coefficient (Wildman–Crippen LogP) is 16.0. The minimum Gasteiger partial charge on any atom is -0.870 e. The van der Waals surface area contributed by atoms with Crippen molar-refractivity contribution in [3.8, 4) is 29.6 Å². The van der Waals surface area contributed by atoms with E-state index in [0.717, 1.165) is 53.6 Å². The number of carbonyl (C=O) groups is 6. The second-order valence-electron chi connectivity index (χ2n) is 27.1. The SMILES string of the molecule is C.C.CC#N.CCO.Cc1c(F)cccc1C#N.N#Cc1cccc(F)c1CBr.NC1=NCc2c(F)cccc21.O=C/C(Br)=C\OC1CCCCC1.O=C1NC(=O)c2ccccc21.O=Cc1cn2c(n1)-c1cccc(F)c1C2.OC1N=C2c3cccc(F)c3CN2C(OC2CCCCC2)C1Br.[B]=NS.[C-]#[N+]c1cccc(F)c1CN1C(=O)c2ccccc2C1=O.[K+].[OH-]. The van der Waals surface area contributed by atoms with Crippen molar-refractivity contribution in [2.75, 3.05) is 6.61 Å². The van der Waals surface area contributed by atoms with E-state index < -0.39 is 23.9 Å². The zero-order valence-corrected chi connectivity index (χ0v) is 76.8. The smallest absolute Gasteiger partial charge is 0.870 e. The van der Waals surface area contributed by atoms with Crippen LogP contribution in [0.25, 0.3) is 16.2 Å². The van der Waals surface area contributed by atoms with Gasteiger partial charge < -0.3 is 40.4 Å². The first kappa shape index (κ1) is 111. The van der Waals surface area contributed by atoms with Crippen LogP contribution in [0.15, 0.2) is 189 Å². The third-order valence-corrected chi connectivity index (χ3v) is 21.1. The Bertz CT molecular complexity index is 5500. The van der Waals surface area contributed by atoms with Gasteiger partial charge in [-0.25, -0.2) is 41.2 Å². The standard InChI is InChI=1S/C17H20BrFN2O2.C16H9FN2O2.C11H7FN2O.C9H13BrO2.C8H5BrFN.C8H7FN2.C8H6FN.C8H5NO2.C2H3N.C2H6O.2CH4.BHNS.K.H2O/c18-14-16(22)20-15-11-7-4-8-13(19)12(11)9-21(15)17(14)23-10-5-2-1-3-6-10;1-18-14-8-4-7-13(17)12(14)9-19-15(20)10-5-2-3-6-11(10)16(19)21;12-10-3-1-2-8-9(10)5-14-4-7(6-15)13-11(8)14;10-8(6-11)7-12-9-4-2-1-3-5-9;9-4-7-6(5-11)2-1-3-8(7)10;9-7-3-1-2-5-6(7)4-11-8(5)10;1-6-7(5-10)3-2-4-8(6)9;10-7-5-3-1-2-4-6(5)8(11)9-7;2*1-2-3;;;1-2-3;;/h4,7-8,10,14,16-17,22H,1-3,5-6,9H2;2-8H,9H2;1-4,6H,5H2;6-7,9H,1-5H2;1-3H,4H2;1-3H,4H2,(H2,10,11);2-4H,1H3;1-4H,(H,9,10,11);1H3;3H,2H2,1H3;2*1H4;3H;;1H2/q;;;;;;;;;;;;;+1;/p-1/b;;;8-7+;;;;;;;;;;;. The Balaban J connectivity index is 0.000000374. The van der Waals surface area contributed by atoms with Gasteiger partial charge in [0.15, 0.2) is 24.5 Å². The van der Waals surface area contributed by atoms with Crippen LogP contribution in [0, 0.1) is 82.4 Å². The summed E-state index contributed by atoms with van der Waals surface area (Å²) in [6.45, 7) is 13.0. The van der Waals surface area contributed by atoms with Crippen LogP contribution in [0.1, 0.15) is 200 Å². The number of aliphatic hydroxyl groups excluding tert-OH is 2. The summed E-state index contributed by atoms with van der Waals surface area (Å²) < 4.78 is 96.5. The fourth-order valence-electron chi connectivity index (χ4n) is 13.3. The molecule has 659 valence electrons. The number of benzene rings is 8. The maximum atomic E-state index is 14.1. The van der Waals surface area contributed by atoms with Crippen LogP contribution in [0.5, 0.6) is 0 Å². The second kappa shape index (κ2) is 56.8. The van der Waals surface area contributed by atoms with Crippen LogP contribution in [0.2, 0.25) is 0 Å². The van der Waals surface area contributed by atoms with Gasteiger partial charge in [-0.15, -0.1) is 0 Å². The van der Waals surface area contributed by atoms with Crippen LogP contribution in [-0.2, 0) is 45.8 Å². The van der Waals surface area contributed by atoms with Crippen molar-refractivity contribution in [1.29, 1.82) is 15.8 Å². The number of nitrogens with two attached hydrogens (primary N) is 1. The molecule has 17 rings (SSSR count). The summed E-state index contributed by atoms with van der Waals surface area (Å²) in [4.78, 5) is 85.3. The van der Waals surface area contributed by atoms with Crippen molar-refractivity contribution in [1.82, 2.24) is 24.7 Å². The number of amidine groups is 2. The van der Waals surface area contributed by atoms with Crippen molar-refractivity contribution in [2.45, 2.75) is 161 Å². The molecule has 0 spiro atoms. The molecule has 2 saturated carbocycles. The first-order valence-electron chi connectivity index (χ1n) is 38.1. The van der Waals surface area contributed by atoms with Crippen molar-refractivity contribution < 1.29 is 132 Å². The first-order valence-corrected chi connectivity index (χ1v) is 41.3.